The molecular formula is C25H21ClN4O5S. The van der Waals surface area contributed by atoms with E-state index in [9.17, 15) is 19.7 Å². The predicted molar refractivity (Wildman–Crippen MR) is 141 cm³/mol. The number of hydrogen-bond acceptors (Lipinski definition) is 6. The molecule has 11 heteroatoms. The average molecular weight is 525 g/mol. The van der Waals surface area contributed by atoms with Gasteiger partial charge in [-0.3, -0.25) is 29.9 Å². The minimum Gasteiger partial charge on any atom is -0.496 e. The van der Waals surface area contributed by atoms with Crippen molar-refractivity contribution < 1.29 is 19.2 Å². The van der Waals surface area contributed by atoms with E-state index in [0.29, 0.717) is 44.7 Å². The van der Waals surface area contributed by atoms with Crippen molar-refractivity contribution in [2.45, 2.75) is 20.8 Å². The summed E-state index contributed by atoms with van der Waals surface area (Å²) in [4.78, 5) is 38.7. The number of aryl methyl sites for hydroxylation is 1. The molecule has 4 rings (SSSR count). The van der Waals surface area contributed by atoms with Crippen molar-refractivity contribution in [2.24, 2.45) is 0 Å². The van der Waals surface area contributed by atoms with Crippen molar-refractivity contribution >= 4 is 58.2 Å². The number of nitro groups is 1. The molecule has 1 N–H and O–H groups in total. The van der Waals surface area contributed by atoms with Crippen LogP contribution in [0.25, 0.3) is 11.8 Å². The van der Waals surface area contributed by atoms with Crippen molar-refractivity contribution in [3.63, 3.8) is 0 Å². The Bertz CT molecular complexity index is 1490. The van der Waals surface area contributed by atoms with E-state index >= 15 is 0 Å². The van der Waals surface area contributed by atoms with Gasteiger partial charge in [-0.15, -0.1) is 0 Å². The standard InChI is InChI=1S/C25H21ClN4O5S/c1-13-10-16(15(3)28(13)21-9-8-17(35-4)12-22(21)30(33)34)11-18-23(31)27-25(36)29(24(18)32)20-7-5-6-19(26)14(20)2/h5-12H,1-4H3,(H,27,31,36)/b18-11+. The van der Waals surface area contributed by atoms with E-state index in [4.69, 9.17) is 28.6 Å². The minimum atomic E-state index is -0.638. The van der Waals surface area contributed by atoms with Crippen molar-refractivity contribution in [3.8, 4) is 11.4 Å². The number of carbonyl (C=O) groups is 2. The second kappa shape index (κ2) is 9.56. The first-order valence-electron chi connectivity index (χ1n) is 10.7. The third-order valence-electron chi connectivity index (χ3n) is 5.97. The number of nitrogens with one attached hydrogen (secondary N) is 1. The first-order valence-corrected chi connectivity index (χ1v) is 11.5. The molecule has 0 aliphatic carbocycles. The lowest BCUT2D eigenvalue weighted by molar-refractivity contribution is -0.384. The Morgan fingerprint density at radius 2 is 1.83 bits per heavy atom. The van der Waals surface area contributed by atoms with Crippen LogP contribution in [0.5, 0.6) is 5.75 Å². The molecule has 1 aliphatic heterocycles. The average Bonchev–Trinajstić information content (AvgIpc) is 3.11. The molecule has 1 fully saturated rings. The SMILES string of the molecule is COc1ccc(-n2c(C)cc(/C=C3\C(=O)NC(=S)N(c4cccc(Cl)c4C)C3=O)c2C)c([N+](=O)[O-])c1. The number of aromatic nitrogens is 1. The summed E-state index contributed by atoms with van der Waals surface area (Å²) in [5.41, 5.74) is 2.98. The second-order valence-corrected chi connectivity index (χ2v) is 8.91. The van der Waals surface area contributed by atoms with E-state index in [0.717, 1.165) is 0 Å². The first-order chi connectivity index (χ1) is 17.0. The van der Waals surface area contributed by atoms with Gasteiger partial charge in [0, 0.05) is 16.4 Å². The fourth-order valence-electron chi connectivity index (χ4n) is 4.14. The van der Waals surface area contributed by atoms with Gasteiger partial charge in [0.2, 0.25) is 0 Å². The van der Waals surface area contributed by atoms with Gasteiger partial charge in [0.05, 0.1) is 23.8 Å². The molecule has 2 aromatic carbocycles. The monoisotopic (exact) mass is 524 g/mol. The summed E-state index contributed by atoms with van der Waals surface area (Å²) >= 11 is 11.5. The zero-order valence-corrected chi connectivity index (χ0v) is 21.4. The van der Waals surface area contributed by atoms with Crippen molar-refractivity contribution in [1.82, 2.24) is 9.88 Å². The molecule has 0 unspecified atom stereocenters. The van der Waals surface area contributed by atoms with Crippen LogP contribution in [-0.4, -0.2) is 33.5 Å². The lowest BCUT2D eigenvalue weighted by Crippen LogP contribution is -2.54. The van der Waals surface area contributed by atoms with Gasteiger partial charge in [-0.05, 0) is 80.5 Å². The molecule has 184 valence electrons. The number of methoxy groups -OCH3 is 1. The Labute approximate surface area is 217 Å². The fraction of sp³-hybridized carbons (Fsp3) is 0.160. The van der Waals surface area contributed by atoms with Crippen LogP contribution in [0.1, 0.15) is 22.5 Å². The van der Waals surface area contributed by atoms with Gasteiger partial charge in [0.1, 0.15) is 17.0 Å². The van der Waals surface area contributed by atoms with Crippen LogP contribution >= 0.6 is 23.8 Å². The van der Waals surface area contributed by atoms with Gasteiger partial charge >= 0.3 is 0 Å². The maximum Gasteiger partial charge on any atom is 0.296 e. The van der Waals surface area contributed by atoms with Gasteiger partial charge in [0.25, 0.3) is 17.5 Å². The zero-order valence-electron chi connectivity index (χ0n) is 19.8. The summed E-state index contributed by atoms with van der Waals surface area (Å²) in [6.07, 6.45) is 1.46. The van der Waals surface area contributed by atoms with Gasteiger partial charge in [-0.2, -0.15) is 0 Å². The highest BCUT2D eigenvalue weighted by atomic mass is 35.5. The number of ether oxygens (including phenoxy) is 1. The fourth-order valence-corrected chi connectivity index (χ4v) is 4.58. The molecule has 0 saturated carbocycles. The van der Waals surface area contributed by atoms with E-state index in [1.165, 1.54) is 24.2 Å². The van der Waals surface area contributed by atoms with Crippen molar-refractivity contribution in [1.29, 1.82) is 0 Å². The number of rotatable bonds is 5. The topological polar surface area (TPSA) is 107 Å². The van der Waals surface area contributed by atoms with E-state index in [1.807, 2.05) is 0 Å². The third-order valence-corrected chi connectivity index (χ3v) is 6.67. The Morgan fingerprint density at radius 1 is 1.11 bits per heavy atom. The molecule has 3 aromatic rings. The summed E-state index contributed by atoms with van der Waals surface area (Å²) in [6, 6.07) is 11.4. The van der Waals surface area contributed by atoms with Crippen LogP contribution in [-0.2, 0) is 9.59 Å². The van der Waals surface area contributed by atoms with E-state index in [1.54, 1.807) is 61.7 Å². The van der Waals surface area contributed by atoms with Crippen molar-refractivity contribution in [3.05, 3.63) is 85.7 Å². The Balaban J connectivity index is 1.82. The molecular weight excluding hydrogens is 504 g/mol. The maximum atomic E-state index is 13.5. The second-order valence-electron chi connectivity index (χ2n) is 8.12. The van der Waals surface area contributed by atoms with E-state index in [2.05, 4.69) is 5.32 Å². The van der Waals surface area contributed by atoms with Crippen LogP contribution in [0.4, 0.5) is 11.4 Å². The maximum absolute atomic E-state index is 13.5. The molecule has 0 atom stereocenters. The molecule has 1 aliphatic rings. The van der Waals surface area contributed by atoms with Gasteiger partial charge in [0.15, 0.2) is 5.11 Å². The normalized spacial score (nSPS) is 14.9. The van der Waals surface area contributed by atoms with Crippen LogP contribution < -0.4 is 15.0 Å². The van der Waals surface area contributed by atoms with Gasteiger partial charge in [-0.25, -0.2) is 0 Å². The number of amides is 2. The number of nitro benzene ring substituents is 1. The molecule has 0 radical (unpaired) electrons. The molecule has 1 saturated heterocycles. The summed E-state index contributed by atoms with van der Waals surface area (Å²) in [6.45, 7) is 5.29. The van der Waals surface area contributed by atoms with Crippen LogP contribution in [0.3, 0.4) is 0 Å². The quantitative estimate of drug-likeness (QED) is 0.169. The smallest absolute Gasteiger partial charge is 0.296 e. The molecule has 36 heavy (non-hydrogen) atoms. The number of anilines is 1. The molecule has 2 amide bonds. The largest absolute Gasteiger partial charge is 0.496 e. The number of halogens is 1. The van der Waals surface area contributed by atoms with Crippen LogP contribution in [0.15, 0.2) is 48.0 Å². The summed E-state index contributed by atoms with van der Waals surface area (Å²) in [7, 11) is 1.43. The van der Waals surface area contributed by atoms with Crippen molar-refractivity contribution in [2.75, 3.05) is 12.0 Å². The molecule has 0 bridgehead atoms. The van der Waals surface area contributed by atoms with Crippen LogP contribution in [0, 0.1) is 30.9 Å². The third kappa shape index (κ3) is 4.25. The zero-order chi connectivity index (χ0) is 26.3. The van der Waals surface area contributed by atoms with Gasteiger partial charge < -0.3 is 9.30 Å². The van der Waals surface area contributed by atoms with E-state index < -0.39 is 16.7 Å². The minimum absolute atomic E-state index is 0.0492. The highest BCUT2D eigenvalue weighted by Gasteiger charge is 2.35. The number of carbonyl (C=O) groups excluding carboxylic acids is 2. The van der Waals surface area contributed by atoms with Crippen LogP contribution in [0.2, 0.25) is 5.02 Å². The molecule has 9 nitrogen and oxygen atoms in total. The summed E-state index contributed by atoms with van der Waals surface area (Å²) in [5.74, 6) is -0.886. The highest BCUT2D eigenvalue weighted by Crippen LogP contribution is 2.33. The predicted octanol–water partition coefficient (Wildman–Crippen LogP) is 4.80. The summed E-state index contributed by atoms with van der Waals surface area (Å²) < 4.78 is 6.82. The lowest BCUT2D eigenvalue weighted by Gasteiger charge is -2.30. The summed E-state index contributed by atoms with van der Waals surface area (Å²) in [5, 5.41) is 14.7. The van der Waals surface area contributed by atoms with Gasteiger partial charge in [-0.1, -0.05) is 17.7 Å². The molecule has 0 spiro atoms. The number of hydrogen-bond donors (Lipinski definition) is 1. The lowest BCUT2D eigenvalue weighted by atomic mass is 10.1. The number of thiocarbonyl (C=S) groups is 1. The molecule has 2 heterocycles. The molecule has 1 aromatic heterocycles. The Kier molecular flexibility index (Phi) is 6.66. The Morgan fingerprint density at radius 3 is 2.50 bits per heavy atom. The van der Waals surface area contributed by atoms with E-state index in [-0.39, 0.29) is 16.4 Å². The first kappa shape index (κ1) is 25.1. The highest BCUT2D eigenvalue weighted by molar-refractivity contribution is 7.80. The number of benzene rings is 2. The number of nitrogens with zero attached hydrogens (tertiary/aromatic N) is 3. The Hall–Kier alpha value is -4.02.